The smallest absolute Gasteiger partial charge is 0.0541 e. The van der Waals surface area contributed by atoms with Crippen LogP contribution in [0.4, 0.5) is 11.4 Å². The van der Waals surface area contributed by atoms with Crippen molar-refractivity contribution < 1.29 is 0 Å². The Bertz CT molecular complexity index is 2790. The number of fused-ring (bicyclic) bond motifs is 6. The van der Waals surface area contributed by atoms with Gasteiger partial charge in [-0.1, -0.05) is 115 Å². The van der Waals surface area contributed by atoms with Gasteiger partial charge < -0.3 is 14.5 Å². The third-order valence-electron chi connectivity index (χ3n) is 10.1. The molecule has 51 heavy (non-hydrogen) atoms. The molecule has 0 fully saturated rings. The van der Waals surface area contributed by atoms with E-state index < -0.39 is 0 Å². The maximum Gasteiger partial charge on any atom is 0.0541 e. The third-order valence-corrected chi connectivity index (χ3v) is 10.1. The Hall–Kier alpha value is -6.84. The summed E-state index contributed by atoms with van der Waals surface area (Å²) in [5.41, 5.74) is 14.1. The van der Waals surface area contributed by atoms with Gasteiger partial charge in [0.2, 0.25) is 0 Å². The van der Waals surface area contributed by atoms with Gasteiger partial charge in [0, 0.05) is 44.3 Å². The van der Waals surface area contributed by atoms with Gasteiger partial charge in [-0.15, -0.1) is 0 Å². The van der Waals surface area contributed by atoms with Crippen molar-refractivity contribution in [2.24, 2.45) is 0 Å². The van der Waals surface area contributed by atoms with Crippen molar-refractivity contribution in [3.05, 3.63) is 194 Å². The van der Waals surface area contributed by atoms with Crippen LogP contribution in [0, 0.1) is 0 Å². The second kappa shape index (κ2) is 11.9. The summed E-state index contributed by atoms with van der Waals surface area (Å²) in [4.78, 5) is 0. The molecule has 10 rings (SSSR count). The summed E-state index contributed by atoms with van der Waals surface area (Å²) in [5, 5.41) is 8.67. The van der Waals surface area contributed by atoms with Crippen LogP contribution in [0.2, 0.25) is 0 Å². The summed E-state index contributed by atoms with van der Waals surface area (Å²) in [7, 11) is 0. The van der Waals surface area contributed by atoms with Crippen LogP contribution in [0.15, 0.2) is 194 Å². The van der Waals surface area contributed by atoms with Gasteiger partial charge in [-0.2, -0.15) is 0 Å². The lowest BCUT2D eigenvalue weighted by Crippen LogP contribution is -1.95. The van der Waals surface area contributed by atoms with E-state index in [0.29, 0.717) is 0 Å². The molecule has 0 unspecified atom stereocenters. The van der Waals surface area contributed by atoms with Gasteiger partial charge in [0.1, 0.15) is 0 Å². The normalized spacial score (nSPS) is 11.5. The Morgan fingerprint density at radius 3 is 1.20 bits per heavy atom. The van der Waals surface area contributed by atoms with Crippen molar-refractivity contribution in [2.75, 3.05) is 5.32 Å². The molecule has 3 heteroatoms. The molecule has 8 aromatic carbocycles. The first-order chi connectivity index (χ1) is 25.3. The van der Waals surface area contributed by atoms with Crippen LogP contribution < -0.4 is 5.32 Å². The number of aromatic nitrogens is 2. The monoisotopic (exact) mass is 651 g/mol. The summed E-state index contributed by atoms with van der Waals surface area (Å²) in [5.74, 6) is 0. The van der Waals surface area contributed by atoms with Crippen LogP contribution in [0.25, 0.3) is 77.2 Å². The molecule has 1 N–H and O–H groups in total. The van der Waals surface area contributed by atoms with Crippen molar-refractivity contribution >= 4 is 55.0 Å². The Labute approximate surface area is 296 Å². The van der Waals surface area contributed by atoms with Crippen LogP contribution in [0.1, 0.15) is 0 Å². The molecule has 0 aliphatic carbocycles. The lowest BCUT2D eigenvalue weighted by atomic mass is 9.99. The molecule has 0 spiro atoms. The number of rotatable bonds is 6. The fraction of sp³-hybridized carbons (Fsp3) is 0. The number of benzene rings is 8. The third kappa shape index (κ3) is 4.98. The second-order valence-electron chi connectivity index (χ2n) is 13.1. The van der Waals surface area contributed by atoms with E-state index in [1.54, 1.807) is 0 Å². The Morgan fingerprint density at radius 2 is 0.647 bits per heavy atom. The van der Waals surface area contributed by atoms with Gasteiger partial charge in [0.05, 0.1) is 22.1 Å². The van der Waals surface area contributed by atoms with E-state index in [2.05, 4.69) is 209 Å². The maximum atomic E-state index is 3.59. The summed E-state index contributed by atoms with van der Waals surface area (Å²) >= 11 is 0. The van der Waals surface area contributed by atoms with Gasteiger partial charge in [-0.25, -0.2) is 0 Å². The zero-order valence-electron chi connectivity index (χ0n) is 27.9. The minimum absolute atomic E-state index is 1.06. The topological polar surface area (TPSA) is 21.9 Å². The number of nitrogens with zero attached hydrogens (tertiary/aromatic N) is 2. The zero-order valence-corrected chi connectivity index (χ0v) is 27.9. The highest BCUT2D eigenvalue weighted by atomic mass is 15.0. The van der Waals surface area contributed by atoms with Crippen LogP contribution in [0.5, 0.6) is 0 Å². The summed E-state index contributed by atoms with van der Waals surface area (Å²) in [6.45, 7) is 0. The molecule has 0 saturated heterocycles. The molecule has 0 bridgehead atoms. The Balaban J connectivity index is 0.887. The molecule has 0 atom stereocenters. The zero-order chi connectivity index (χ0) is 33.7. The average molecular weight is 652 g/mol. The highest BCUT2D eigenvalue weighted by Gasteiger charge is 2.14. The van der Waals surface area contributed by atoms with Crippen molar-refractivity contribution in [1.29, 1.82) is 0 Å². The minimum Gasteiger partial charge on any atom is -0.356 e. The highest BCUT2D eigenvalue weighted by Crippen LogP contribution is 2.36. The van der Waals surface area contributed by atoms with Crippen LogP contribution in [0.3, 0.4) is 0 Å². The molecule has 10 aromatic rings. The molecule has 0 aliphatic heterocycles. The number of nitrogens with one attached hydrogen (secondary N) is 1. The van der Waals surface area contributed by atoms with E-state index in [9.17, 15) is 0 Å². The van der Waals surface area contributed by atoms with Crippen molar-refractivity contribution in [1.82, 2.24) is 9.13 Å². The molecule has 0 amide bonds. The molecule has 2 aromatic heterocycles. The number of anilines is 2. The van der Waals surface area contributed by atoms with Crippen LogP contribution in [-0.2, 0) is 0 Å². The van der Waals surface area contributed by atoms with Crippen molar-refractivity contribution in [3.63, 3.8) is 0 Å². The van der Waals surface area contributed by atoms with E-state index >= 15 is 0 Å². The standard InChI is InChI=1S/C48H33N3/c1-2-10-39(11-3-1)50-47-17-9-6-14-43(47)44-32-36(24-31-48(44)50)35-20-18-33(19-21-35)34-22-25-37(26-23-34)49-38-27-29-40(30-28-38)51-45-15-7-4-12-41(45)42-13-5-8-16-46(42)51/h1-32,49H. The predicted molar refractivity (Wildman–Crippen MR) is 216 cm³/mol. The van der Waals surface area contributed by atoms with Gasteiger partial charge in [0.25, 0.3) is 0 Å². The maximum absolute atomic E-state index is 3.59. The lowest BCUT2D eigenvalue weighted by molar-refractivity contribution is 1.18. The molecule has 0 saturated carbocycles. The van der Waals surface area contributed by atoms with E-state index in [1.807, 2.05) is 0 Å². The average Bonchev–Trinajstić information content (AvgIpc) is 3.72. The molecule has 2 heterocycles. The van der Waals surface area contributed by atoms with E-state index in [1.165, 1.54) is 71.6 Å². The van der Waals surface area contributed by atoms with Gasteiger partial charge in [-0.3, -0.25) is 0 Å². The Kier molecular flexibility index (Phi) is 6.81. The van der Waals surface area contributed by atoms with Crippen LogP contribution in [-0.4, -0.2) is 9.13 Å². The van der Waals surface area contributed by atoms with Crippen LogP contribution >= 0.6 is 0 Å². The van der Waals surface area contributed by atoms with Gasteiger partial charge >= 0.3 is 0 Å². The van der Waals surface area contributed by atoms with E-state index in [0.717, 1.165) is 17.1 Å². The molecular weight excluding hydrogens is 619 g/mol. The Morgan fingerprint density at radius 1 is 0.275 bits per heavy atom. The second-order valence-corrected chi connectivity index (χ2v) is 13.1. The first kappa shape index (κ1) is 29.1. The molecule has 0 radical (unpaired) electrons. The van der Waals surface area contributed by atoms with Crippen molar-refractivity contribution in [2.45, 2.75) is 0 Å². The first-order valence-electron chi connectivity index (χ1n) is 17.4. The van der Waals surface area contributed by atoms with Crippen molar-refractivity contribution in [3.8, 4) is 33.6 Å². The minimum atomic E-state index is 1.06. The summed E-state index contributed by atoms with van der Waals surface area (Å²) in [6.07, 6.45) is 0. The van der Waals surface area contributed by atoms with Gasteiger partial charge in [0.15, 0.2) is 0 Å². The predicted octanol–water partition coefficient (Wildman–Crippen LogP) is 13.0. The summed E-state index contributed by atoms with van der Waals surface area (Å²) < 4.78 is 4.70. The molecule has 240 valence electrons. The quantitative estimate of drug-likeness (QED) is 0.190. The molecular formula is C48H33N3. The highest BCUT2D eigenvalue weighted by molar-refractivity contribution is 6.11. The largest absolute Gasteiger partial charge is 0.356 e. The van der Waals surface area contributed by atoms with Gasteiger partial charge in [-0.05, 0) is 101 Å². The fourth-order valence-electron chi connectivity index (χ4n) is 7.67. The first-order valence-corrected chi connectivity index (χ1v) is 17.4. The number of para-hydroxylation sites is 4. The SMILES string of the molecule is c1ccc(-n2c3ccccc3c3cc(-c4ccc(-c5ccc(Nc6ccc(-n7c8ccccc8c8ccccc87)cc6)cc5)cc4)ccc32)cc1. The molecule has 3 nitrogen and oxygen atoms in total. The molecule has 0 aliphatic rings. The fourth-order valence-corrected chi connectivity index (χ4v) is 7.67. The number of hydrogen-bond acceptors (Lipinski definition) is 1. The number of hydrogen-bond donors (Lipinski definition) is 1. The lowest BCUT2D eigenvalue weighted by Gasteiger charge is -2.11. The van der Waals surface area contributed by atoms with E-state index in [-0.39, 0.29) is 0 Å². The van der Waals surface area contributed by atoms with E-state index in [4.69, 9.17) is 0 Å². The summed E-state index contributed by atoms with van der Waals surface area (Å²) in [6, 6.07) is 69.7.